The van der Waals surface area contributed by atoms with Crippen molar-refractivity contribution in [1.29, 1.82) is 0 Å². The number of carbonyl (C=O) groups is 1. The second kappa shape index (κ2) is 4.54. The van der Waals surface area contributed by atoms with Crippen LogP contribution in [0.25, 0.3) is 0 Å². The van der Waals surface area contributed by atoms with E-state index in [1.54, 1.807) is 0 Å². The predicted octanol–water partition coefficient (Wildman–Crippen LogP) is 2.22. The first-order valence-corrected chi connectivity index (χ1v) is 3.52. The average molecular weight is 127 g/mol. The van der Waals surface area contributed by atoms with E-state index in [-0.39, 0.29) is 5.92 Å². The first-order chi connectivity index (χ1) is 4.22. The van der Waals surface area contributed by atoms with Gasteiger partial charge >= 0.3 is 0 Å². The fraction of sp³-hybridized carbons (Fsp3) is 0.750. The van der Waals surface area contributed by atoms with Gasteiger partial charge in [0.1, 0.15) is 5.78 Å². The second-order valence-electron chi connectivity index (χ2n) is 2.39. The molecule has 9 heavy (non-hydrogen) atoms. The van der Waals surface area contributed by atoms with E-state index in [1.807, 2.05) is 27.2 Å². The number of hydrogen-bond donors (Lipinski definition) is 0. The lowest BCUT2D eigenvalue weighted by molar-refractivity contribution is -0.121. The number of hydrogen-bond acceptors (Lipinski definition) is 1. The van der Waals surface area contributed by atoms with Crippen molar-refractivity contribution in [3.63, 3.8) is 0 Å². The van der Waals surface area contributed by atoms with Gasteiger partial charge in [-0.15, -0.1) is 0 Å². The summed E-state index contributed by atoms with van der Waals surface area (Å²) in [6, 6.07) is 0. The summed E-state index contributed by atoms with van der Waals surface area (Å²) >= 11 is 0. The van der Waals surface area contributed by atoms with E-state index >= 15 is 0 Å². The molecule has 0 aliphatic rings. The number of ketones is 1. The van der Waals surface area contributed by atoms with E-state index < -0.39 is 0 Å². The Morgan fingerprint density at radius 2 is 2.22 bits per heavy atom. The maximum atomic E-state index is 10.9. The highest BCUT2D eigenvalue weighted by molar-refractivity contribution is 5.81. The lowest BCUT2D eigenvalue weighted by Gasteiger charge is -2.03. The molecule has 0 saturated heterocycles. The maximum Gasteiger partial charge on any atom is 0.135 e. The molecule has 0 aliphatic carbocycles. The molecule has 0 spiro atoms. The molecule has 0 saturated carbocycles. The van der Waals surface area contributed by atoms with Crippen LogP contribution in [0.2, 0.25) is 0 Å². The van der Waals surface area contributed by atoms with Crippen LogP contribution in [0.3, 0.4) is 0 Å². The largest absolute Gasteiger partial charge is 0.299 e. The summed E-state index contributed by atoms with van der Waals surface area (Å²) in [6.45, 7) is 5.93. The van der Waals surface area contributed by atoms with E-state index in [1.165, 1.54) is 0 Å². The monoisotopic (exact) mass is 127 g/mol. The van der Waals surface area contributed by atoms with Crippen LogP contribution in [0.4, 0.5) is 0 Å². The van der Waals surface area contributed by atoms with Gasteiger partial charge < -0.3 is 0 Å². The summed E-state index contributed by atoms with van der Waals surface area (Å²) in [5.41, 5.74) is 0. The van der Waals surface area contributed by atoms with Crippen molar-refractivity contribution >= 4 is 5.78 Å². The van der Waals surface area contributed by atoms with Crippen molar-refractivity contribution in [2.75, 3.05) is 0 Å². The van der Waals surface area contributed by atoms with Crippen molar-refractivity contribution in [2.45, 2.75) is 33.6 Å². The fourth-order valence-corrected chi connectivity index (χ4v) is 0.630. The summed E-state index contributed by atoms with van der Waals surface area (Å²) in [6.07, 6.45) is 3.51. The molecule has 1 heteroatoms. The minimum absolute atomic E-state index is 0.251. The minimum Gasteiger partial charge on any atom is -0.299 e. The van der Waals surface area contributed by atoms with E-state index in [4.69, 9.17) is 0 Å². The minimum atomic E-state index is 0.251. The molecule has 0 unspecified atom stereocenters. The van der Waals surface area contributed by atoms with Crippen LogP contribution >= 0.6 is 0 Å². The average Bonchev–Trinajstić information content (AvgIpc) is 1.87. The third-order valence-corrected chi connectivity index (χ3v) is 1.57. The highest BCUT2D eigenvalue weighted by Gasteiger charge is 2.07. The van der Waals surface area contributed by atoms with Gasteiger partial charge in [0, 0.05) is 12.3 Å². The normalized spacial score (nSPS) is 13.2. The van der Waals surface area contributed by atoms with E-state index in [2.05, 4.69) is 0 Å². The molecule has 53 valence electrons. The zero-order valence-corrected chi connectivity index (χ0v) is 6.48. The molecular formula is C8H15O. The topological polar surface area (TPSA) is 17.1 Å². The van der Waals surface area contributed by atoms with Crippen molar-refractivity contribution in [1.82, 2.24) is 0 Å². The van der Waals surface area contributed by atoms with Crippen LogP contribution in [0.5, 0.6) is 0 Å². The SMILES string of the molecule is C[CH]CC(=O)[C@@H](C)CC. The molecule has 0 bridgehead atoms. The molecule has 1 atom stereocenters. The zero-order chi connectivity index (χ0) is 7.28. The lowest BCUT2D eigenvalue weighted by atomic mass is 10.0. The van der Waals surface area contributed by atoms with Gasteiger partial charge in [-0.1, -0.05) is 20.8 Å². The van der Waals surface area contributed by atoms with Crippen LogP contribution in [0.15, 0.2) is 0 Å². The molecule has 0 aromatic rings. The van der Waals surface area contributed by atoms with Gasteiger partial charge in [0.15, 0.2) is 0 Å². The Hall–Kier alpha value is -0.330. The molecule has 0 N–H and O–H groups in total. The molecule has 0 aromatic carbocycles. The van der Waals surface area contributed by atoms with E-state index in [9.17, 15) is 4.79 Å². The Balaban J connectivity index is 3.46. The van der Waals surface area contributed by atoms with E-state index in [0.717, 1.165) is 6.42 Å². The summed E-state index contributed by atoms with van der Waals surface area (Å²) in [5.74, 6) is 0.612. The van der Waals surface area contributed by atoms with Crippen LogP contribution < -0.4 is 0 Å². The van der Waals surface area contributed by atoms with Crippen molar-refractivity contribution in [2.24, 2.45) is 5.92 Å². The van der Waals surface area contributed by atoms with Gasteiger partial charge in [-0.3, -0.25) is 4.79 Å². The molecule has 0 aliphatic heterocycles. The molecule has 1 radical (unpaired) electrons. The van der Waals surface area contributed by atoms with Crippen LogP contribution in [-0.2, 0) is 4.79 Å². The van der Waals surface area contributed by atoms with Crippen LogP contribution in [-0.4, -0.2) is 5.78 Å². The Morgan fingerprint density at radius 3 is 2.56 bits per heavy atom. The Labute approximate surface area is 57.5 Å². The zero-order valence-electron chi connectivity index (χ0n) is 6.48. The van der Waals surface area contributed by atoms with Gasteiger partial charge in [-0.05, 0) is 12.8 Å². The van der Waals surface area contributed by atoms with Crippen molar-refractivity contribution < 1.29 is 4.79 Å². The van der Waals surface area contributed by atoms with Gasteiger partial charge in [0.05, 0.1) is 0 Å². The first kappa shape index (κ1) is 8.67. The predicted molar refractivity (Wildman–Crippen MR) is 39.1 cm³/mol. The highest BCUT2D eigenvalue weighted by Crippen LogP contribution is 2.05. The summed E-state index contributed by atoms with van der Waals surface area (Å²) in [7, 11) is 0. The van der Waals surface area contributed by atoms with Crippen LogP contribution in [0, 0.1) is 12.3 Å². The van der Waals surface area contributed by atoms with Gasteiger partial charge in [-0.25, -0.2) is 0 Å². The first-order valence-electron chi connectivity index (χ1n) is 3.52. The van der Waals surface area contributed by atoms with Gasteiger partial charge in [0.2, 0.25) is 0 Å². The quantitative estimate of drug-likeness (QED) is 0.566. The lowest BCUT2D eigenvalue weighted by Crippen LogP contribution is -2.08. The van der Waals surface area contributed by atoms with Gasteiger partial charge in [-0.2, -0.15) is 0 Å². The third kappa shape index (κ3) is 3.28. The fourth-order valence-electron chi connectivity index (χ4n) is 0.630. The molecular weight excluding hydrogens is 112 g/mol. The molecule has 0 rings (SSSR count). The highest BCUT2D eigenvalue weighted by atomic mass is 16.1. The third-order valence-electron chi connectivity index (χ3n) is 1.57. The second-order valence-corrected chi connectivity index (χ2v) is 2.39. The number of rotatable bonds is 4. The Bertz CT molecular complexity index is 86.6. The molecule has 0 heterocycles. The Kier molecular flexibility index (Phi) is 4.37. The van der Waals surface area contributed by atoms with Crippen molar-refractivity contribution in [3.8, 4) is 0 Å². The molecule has 1 nitrogen and oxygen atoms in total. The standard InChI is InChI=1S/C8H15O/c1-4-6-8(9)7(3)5-2/h4,7H,5-6H2,1-3H3/t7-/m0/s1. The smallest absolute Gasteiger partial charge is 0.135 e. The van der Waals surface area contributed by atoms with Gasteiger partial charge in [0.25, 0.3) is 0 Å². The molecule has 0 fully saturated rings. The van der Waals surface area contributed by atoms with E-state index in [0.29, 0.717) is 12.2 Å². The maximum absolute atomic E-state index is 10.9. The summed E-state index contributed by atoms with van der Waals surface area (Å²) in [5, 5.41) is 0. The summed E-state index contributed by atoms with van der Waals surface area (Å²) < 4.78 is 0. The van der Waals surface area contributed by atoms with Crippen LogP contribution in [0.1, 0.15) is 33.6 Å². The summed E-state index contributed by atoms with van der Waals surface area (Å²) in [4.78, 5) is 10.9. The molecule has 0 aromatic heterocycles. The number of carbonyl (C=O) groups excluding carboxylic acids is 1. The van der Waals surface area contributed by atoms with Crippen molar-refractivity contribution in [3.05, 3.63) is 6.42 Å². The Morgan fingerprint density at radius 1 is 1.67 bits per heavy atom. The number of Topliss-reactive ketones (excluding diaryl/α,β-unsaturated/α-hetero) is 1. The molecule has 0 amide bonds.